The second kappa shape index (κ2) is 12.4. The van der Waals surface area contributed by atoms with Gasteiger partial charge in [-0.3, -0.25) is 4.79 Å². The molecule has 0 N–H and O–H groups in total. The molecule has 0 radical (unpaired) electrons. The molecule has 230 valence electrons. The number of halogens is 5. The Morgan fingerprint density at radius 1 is 0.864 bits per heavy atom. The minimum absolute atomic E-state index is 0.0624. The van der Waals surface area contributed by atoms with Crippen molar-refractivity contribution in [3.05, 3.63) is 99.3 Å². The summed E-state index contributed by atoms with van der Waals surface area (Å²) in [7, 11) is 0. The zero-order valence-corrected chi connectivity index (χ0v) is 25.2. The van der Waals surface area contributed by atoms with Crippen molar-refractivity contribution in [1.82, 2.24) is 14.5 Å². The van der Waals surface area contributed by atoms with Gasteiger partial charge in [-0.25, -0.2) is 9.78 Å². The number of hydrogen-bond acceptors (Lipinski definition) is 4. The third-order valence-electron chi connectivity index (χ3n) is 8.39. The predicted octanol–water partition coefficient (Wildman–Crippen LogP) is 8.06. The standard InChI is InChI=1S/C33H30Cl2F3N3O3/c34-24-8-3-20(4-9-24)30(21-5-10-25(35)11-6-21)23-7-12-27-28(19-23)41(31(39-27)22-1-2-22)26-13-16-40(17-14-26)29(42)15-18-44-32(43)33(36,37)38/h3-12,19,22,26,30H,1-2,13-18H2. The number of amides is 1. The Balaban J connectivity index is 1.26. The lowest BCUT2D eigenvalue weighted by atomic mass is 9.85. The molecule has 2 heterocycles. The largest absolute Gasteiger partial charge is 0.490 e. The topological polar surface area (TPSA) is 64.4 Å². The minimum Gasteiger partial charge on any atom is -0.458 e. The van der Waals surface area contributed by atoms with Crippen LogP contribution in [0.4, 0.5) is 13.2 Å². The molecule has 1 saturated heterocycles. The Bertz CT molecular complexity index is 1610. The molecule has 3 aromatic carbocycles. The van der Waals surface area contributed by atoms with E-state index in [1.165, 1.54) is 0 Å². The third kappa shape index (κ3) is 6.59. The number of piperidine rings is 1. The minimum atomic E-state index is -5.07. The lowest BCUT2D eigenvalue weighted by Crippen LogP contribution is -2.40. The molecule has 0 spiro atoms. The summed E-state index contributed by atoms with van der Waals surface area (Å²) < 4.78 is 43.7. The summed E-state index contributed by atoms with van der Waals surface area (Å²) in [5.74, 6) is -1.20. The van der Waals surface area contributed by atoms with Crippen molar-refractivity contribution in [1.29, 1.82) is 0 Å². The maximum absolute atomic E-state index is 12.7. The van der Waals surface area contributed by atoms with Gasteiger partial charge in [0.1, 0.15) is 12.4 Å². The molecule has 11 heteroatoms. The fourth-order valence-electron chi connectivity index (χ4n) is 6.05. The maximum Gasteiger partial charge on any atom is 0.490 e. The molecule has 0 unspecified atom stereocenters. The number of fused-ring (bicyclic) bond motifs is 1. The summed E-state index contributed by atoms with van der Waals surface area (Å²) in [6, 6.07) is 22.2. The molecule has 6 nitrogen and oxygen atoms in total. The molecule has 0 atom stereocenters. The summed E-state index contributed by atoms with van der Waals surface area (Å²) in [6.07, 6.45) is -1.82. The van der Waals surface area contributed by atoms with Gasteiger partial charge in [0.15, 0.2) is 0 Å². The quantitative estimate of drug-likeness (QED) is 0.144. The number of nitrogens with zero attached hydrogens (tertiary/aromatic N) is 3. The van der Waals surface area contributed by atoms with Crippen LogP contribution in [0.3, 0.4) is 0 Å². The lowest BCUT2D eigenvalue weighted by molar-refractivity contribution is -0.199. The van der Waals surface area contributed by atoms with E-state index < -0.39 is 18.8 Å². The number of carbonyl (C=O) groups excluding carboxylic acids is 2. The first-order valence-corrected chi connectivity index (χ1v) is 15.4. The summed E-state index contributed by atoms with van der Waals surface area (Å²) in [5, 5.41) is 1.33. The van der Waals surface area contributed by atoms with Crippen LogP contribution in [-0.4, -0.2) is 52.2 Å². The van der Waals surface area contributed by atoms with E-state index >= 15 is 0 Å². The maximum atomic E-state index is 12.7. The SMILES string of the molecule is O=C(CCOC(=O)C(F)(F)F)N1CCC(n2c(C3CC3)nc3ccc(C(c4ccc(Cl)cc4)c4ccc(Cl)cc4)cc32)CC1. The first-order valence-electron chi connectivity index (χ1n) is 14.6. The second-order valence-electron chi connectivity index (χ2n) is 11.4. The molecule has 0 bridgehead atoms. The highest BCUT2D eigenvalue weighted by Crippen LogP contribution is 2.44. The molecular formula is C33H30Cl2F3N3O3. The van der Waals surface area contributed by atoms with Crippen LogP contribution in [0.25, 0.3) is 11.0 Å². The Morgan fingerprint density at radius 2 is 1.43 bits per heavy atom. The molecule has 2 fully saturated rings. The summed E-state index contributed by atoms with van der Waals surface area (Å²) in [4.78, 5) is 30.3. The van der Waals surface area contributed by atoms with Gasteiger partial charge in [-0.15, -0.1) is 0 Å². The zero-order chi connectivity index (χ0) is 31.0. The van der Waals surface area contributed by atoms with Gasteiger partial charge in [0.2, 0.25) is 5.91 Å². The average molecular weight is 645 g/mol. The molecule has 4 aromatic rings. The van der Waals surface area contributed by atoms with Crippen molar-refractivity contribution in [2.75, 3.05) is 19.7 Å². The monoisotopic (exact) mass is 643 g/mol. The Morgan fingerprint density at radius 3 is 1.98 bits per heavy atom. The van der Waals surface area contributed by atoms with E-state index in [2.05, 4.69) is 27.5 Å². The Hall–Kier alpha value is -3.56. The van der Waals surface area contributed by atoms with E-state index in [4.69, 9.17) is 28.2 Å². The fourth-order valence-corrected chi connectivity index (χ4v) is 6.31. The Kier molecular flexibility index (Phi) is 8.61. The van der Waals surface area contributed by atoms with Crippen LogP contribution in [0.2, 0.25) is 10.0 Å². The number of carbonyl (C=O) groups is 2. The first kappa shape index (κ1) is 30.5. The van der Waals surface area contributed by atoms with Crippen molar-refractivity contribution < 1.29 is 27.5 Å². The molecule has 2 aliphatic rings. The normalized spacial score (nSPS) is 16.1. The number of hydrogen-bond donors (Lipinski definition) is 0. The summed E-state index contributed by atoms with van der Waals surface area (Å²) >= 11 is 12.4. The van der Waals surface area contributed by atoms with Crippen LogP contribution in [0.5, 0.6) is 0 Å². The number of benzene rings is 3. The van der Waals surface area contributed by atoms with Crippen molar-refractivity contribution in [2.24, 2.45) is 0 Å². The van der Waals surface area contributed by atoms with Crippen LogP contribution < -0.4 is 0 Å². The van der Waals surface area contributed by atoms with Gasteiger partial charge < -0.3 is 14.2 Å². The fraction of sp³-hybridized carbons (Fsp3) is 0.364. The van der Waals surface area contributed by atoms with Gasteiger partial charge in [0.05, 0.1) is 17.5 Å². The number of imidazole rings is 1. The van der Waals surface area contributed by atoms with E-state index in [1.807, 2.05) is 48.5 Å². The van der Waals surface area contributed by atoms with E-state index in [1.54, 1.807) is 4.90 Å². The molecule has 6 rings (SSSR count). The van der Waals surface area contributed by atoms with E-state index in [9.17, 15) is 22.8 Å². The highest BCUT2D eigenvalue weighted by molar-refractivity contribution is 6.30. The summed E-state index contributed by atoms with van der Waals surface area (Å²) in [5.41, 5.74) is 5.26. The van der Waals surface area contributed by atoms with Crippen LogP contribution >= 0.6 is 23.2 Å². The van der Waals surface area contributed by atoms with Crippen molar-refractivity contribution in [3.8, 4) is 0 Å². The predicted molar refractivity (Wildman–Crippen MR) is 162 cm³/mol. The highest BCUT2D eigenvalue weighted by atomic mass is 35.5. The van der Waals surface area contributed by atoms with Crippen molar-refractivity contribution >= 4 is 46.1 Å². The van der Waals surface area contributed by atoms with Gasteiger partial charge in [-0.2, -0.15) is 13.2 Å². The smallest absolute Gasteiger partial charge is 0.458 e. The van der Waals surface area contributed by atoms with E-state index in [0.29, 0.717) is 41.9 Å². The average Bonchev–Trinajstić information content (AvgIpc) is 3.79. The van der Waals surface area contributed by atoms with Gasteiger partial charge in [-0.1, -0.05) is 53.5 Å². The molecule has 44 heavy (non-hydrogen) atoms. The van der Waals surface area contributed by atoms with E-state index in [0.717, 1.165) is 46.4 Å². The molecule has 1 saturated carbocycles. The molecule has 1 amide bonds. The number of esters is 1. The van der Waals surface area contributed by atoms with Gasteiger partial charge in [0, 0.05) is 41.0 Å². The van der Waals surface area contributed by atoms with Crippen molar-refractivity contribution in [2.45, 2.75) is 56.2 Å². The zero-order valence-electron chi connectivity index (χ0n) is 23.7. The number of likely N-dealkylation sites (tertiary alicyclic amines) is 1. The number of alkyl halides is 3. The van der Waals surface area contributed by atoms with Gasteiger partial charge in [-0.05, 0) is 78.8 Å². The number of rotatable bonds is 8. The summed E-state index contributed by atoms with van der Waals surface area (Å²) in [6.45, 7) is 0.316. The van der Waals surface area contributed by atoms with Crippen LogP contribution in [0.1, 0.15) is 72.5 Å². The first-order chi connectivity index (χ1) is 21.1. The molecule has 1 aliphatic heterocycles. The van der Waals surface area contributed by atoms with Crippen LogP contribution in [0, 0.1) is 0 Å². The van der Waals surface area contributed by atoms with Gasteiger partial charge >= 0.3 is 12.1 Å². The highest BCUT2D eigenvalue weighted by Gasteiger charge is 2.41. The molecule has 1 aliphatic carbocycles. The van der Waals surface area contributed by atoms with E-state index in [-0.39, 0.29) is 24.3 Å². The van der Waals surface area contributed by atoms with Crippen LogP contribution in [-0.2, 0) is 14.3 Å². The van der Waals surface area contributed by atoms with Crippen molar-refractivity contribution in [3.63, 3.8) is 0 Å². The second-order valence-corrected chi connectivity index (χ2v) is 12.3. The van der Waals surface area contributed by atoms with Gasteiger partial charge in [0.25, 0.3) is 0 Å². The van der Waals surface area contributed by atoms with Crippen LogP contribution in [0.15, 0.2) is 66.7 Å². The number of aromatic nitrogens is 2. The number of ether oxygens (including phenoxy) is 1. The lowest BCUT2D eigenvalue weighted by Gasteiger charge is -2.34. The third-order valence-corrected chi connectivity index (χ3v) is 8.89. The molecular weight excluding hydrogens is 614 g/mol. The molecule has 1 aromatic heterocycles. The Labute approximate surface area is 262 Å².